The Morgan fingerprint density at radius 3 is 2.30 bits per heavy atom. The highest BCUT2D eigenvalue weighted by Gasteiger charge is 2.43. The fourth-order valence-electron chi connectivity index (χ4n) is 4.31. The molecule has 2 aromatic rings. The molecule has 1 saturated heterocycles. The van der Waals surface area contributed by atoms with Crippen LogP contribution in [0.5, 0.6) is 11.5 Å². The van der Waals surface area contributed by atoms with E-state index in [1.54, 1.807) is 17.0 Å². The molecule has 2 aromatic carbocycles. The van der Waals surface area contributed by atoms with Gasteiger partial charge in [0.1, 0.15) is 24.5 Å². The molecule has 0 aromatic heterocycles. The number of methoxy groups -OCH3 is 1. The lowest BCUT2D eigenvalue weighted by atomic mass is 9.72. The lowest BCUT2D eigenvalue weighted by molar-refractivity contribution is -0.0239. The summed E-state index contributed by atoms with van der Waals surface area (Å²) in [7, 11) is 1.52. The van der Waals surface area contributed by atoms with Crippen molar-refractivity contribution in [2.24, 2.45) is 5.92 Å². The Morgan fingerprint density at radius 2 is 1.73 bits per heavy atom. The zero-order chi connectivity index (χ0) is 24.1. The molecular formula is C26H34FNO5. The van der Waals surface area contributed by atoms with E-state index < -0.39 is 17.9 Å². The van der Waals surface area contributed by atoms with Crippen molar-refractivity contribution in [3.05, 3.63) is 59.7 Å². The van der Waals surface area contributed by atoms with Crippen LogP contribution in [0.4, 0.5) is 9.18 Å². The van der Waals surface area contributed by atoms with Crippen molar-refractivity contribution in [1.29, 1.82) is 0 Å². The molecule has 33 heavy (non-hydrogen) atoms. The molecule has 1 N–H and O–H groups in total. The first-order valence-electron chi connectivity index (χ1n) is 11.3. The molecular weight excluding hydrogens is 425 g/mol. The standard InChI is InChI=1S/C26H34FNO5/c1-25(2,3)33-24(29)28-15-12-20(13-16-28)26(30,19-8-6-5-7-9-19)21-10-11-22(31-4)23(18-21)32-17-14-27/h5-11,18,20,30H,12-17H2,1-4H3/t26-/m1/s1. The molecule has 0 aliphatic carbocycles. The van der Waals surface area contributed by atoms with Crippen LogP contribution in [0.1, 0.15) is 44.7 Å². The smallest absolute Gasteiger partial charge is 0.410 e. The van der Waals surface area contributed by atoms with Crippen LogP contribution in [-0.4, -0.2) is 55.2 Å². The first-order chi connectivity index (χ1) is 15.7. The van der Waals surface area contributed by atoms with Gasteiger partial charge in [-0.15, -0.1) is 0 Å². The van der Waals surface area contributed by atoms with Crippen LogP contribution in [0.15, 0.2) is 48.5 Å². The highest BCUT2D eigenvalue weighted by Crippen LogP contribution is 2.44. The maximum absolute atomic E-state index is 12.8. The van der Waals surface area contributed by atoms with Gasteiger partial charge in [-0.1, -0.05) is 36.4 Å². The fourth-order valence-corrected chi connectivity index (χ4v) is 4.31. The molecule has 0 saturated carbocycles. The Labute approximate surface area is 195 Å². The summed E-state index contributed by atoms with van der Waals surface area (Å²) >= 11 is 0. The maximum atomic E-state index is 12.8. The minimum Gasteiger partial charge on any atom is -0.493 e. The lowest BCUT2D eigenvalue weighted by Crippen LogP contribution is -2.47. The molecule has 1 aliphatic heterocycles. The number of piperidine rings is 1. The summed E-state index contributed by atoms with van der Waals surface area (Å²) in [5.74, 6) is 0.705. The second-order valence-electron chi connectivity index (χ2n) is 9.28. The van der Waals surface area contributed by atoms with Gasteiger partial charge in [-0.2, -0.15) is 0 Å². The molecule has 1 aliphatic rings. The number of likely N-dealkylation sites (tertiary alicyclic amines) is 1. The third kappa shape index (κ3) is 5.77. The number of amides is 1. The quantitative estimate of drug-likeness (QED) is 0.636. The Morgan fingerprint density at radius 1 is 1.06 bits per heavy atom. The van der Waals surface area contributed by atoms with Gasteiger partial charge in [-0.05, 0) is 62.8 Å². The third-order valence-corrected chi connectivity index (χ3v) is 5.89. The summed E-state index contributed by atoms with van der Waals surface area (Å²) in [5.41, 5.74) is -0.486. The van der Waals surface area contributed by atoms with Crippen molar-refractivity contribution in [2.75, 3.05) is 33.5 Å². The SMILES string of the molecule is COc1ccc([C@@](O)(c2ccccc2)C2CCN(C(=O)OC(C)(C)C)CC2)cc1OCCF. The van der Waals surface area contributed by atoms with Crippen molar-refractivity contribution in [3.63, 3.8) is 0 Å². The predicted molar refractivity (Wildman–Crippen MR) is 124 cm³/mol. The first-order valence-corrected chi connectivity index (χ1v) is 11.3. The number of hydrogen-bond donors (Lipinski definition) is 1. The van der Waals surface area contributed by atoms with Crippen molar-refractivity contribution >= 4 is 6.09 Å². The van der Waals surface area contributed by atoms with E-state index in [0.717, 1.165) is 5.56 Å². The predicted octanol–water partition coefficient (Wildman–Crippen LogP) is 4.93. The highest BCUT2D eigenvalue weighted by atomic mass is 19.1. The van der Waals surface area contributed by atoms with E-state index in [2.05, 4.69) is 0 Å². The molecule has 1 amide bonds. The zero-order valence-corrected chi connectivity index (χ0v) is 19.8. The van der Waals surface area contributed by atoms with Crippen molar-refractivity contribution in [2.45, 2.75) is 44.8 Å². The molecule has 0 spiro atoms. The number of benzene rings is 2. The molecule has 3 rings (SSSR count). The molecule has 1 atom stereocenters. The van der Waals surface area contributed by atoms with Crippen LogP contribution in [0.2, 0.25) is 0 Å². The van der Waals surface area contributed by atoms with Gasteiger partial charge >= 0.3 is 6.09 Å². The zero-order valence-electron chi connectivity index (χ0n) is 19.8. The van der Waals surface area contributed by atoms with Crippen molar-refractivity contribution in [3.8, 4) is 11.5 Å². The van der Waals surface area contributed by atoms with Gasteiger partial charge in [0.05, 0.1) is 7.11 Å². The van der Waals surface area contributed by atoms with E-state index in [0.29, 0.717) is 43.0 Å². The molecule has 0 bridgehead atoms. The van der Waals surface area contributed by atoms with Crippen LogP contribution in [0, 0.1) is 5.92 Å². The van der Waals surface area contributed by atoms with Crippen LogP contribution in [0.3, 0.4) is 0 Å². The summed E-state index contributed by atoms with van der Waals surface area (Å²) in [4.78, 5) is 14.2. The van der Waals surface area contributed by atoms with Crippen molar-refractivity contribution in [1.82, 2.24) is 4.90 Å². The van der Waals surface area contributed by atoms with Gasteiger partial charge in [0.15, 0.2) is 11.5 Å². The maximum Gasteiger partial charge on any atom is 0.410 e. The number of carbonyl (C=O) groups excluding carboxylic acids is 1. The summed E-state index contributed by atoms with van der Waals surface area (Å²) < 4.78 is 29.2. The summed E-state index contributed by atoms with van der Waals surface area (Å²) in [6.45, 7) is 5.78. The molecule has 180 valence electrons. The Bertz CT molecular complexity index is 922. The number of nitrogens with zero attached hydrogens (tertiary/aromatic N) is 1. The number of carbonyl (C=O) groups is 1. The molecule has 1 fully saturated rings. The normalized spacial score (nSPS) is 16.7. The summed E-state index contributed by atoms with van der Waals surface area (Å²) in [6, 6.07) is 14.7. The van der Waals surface area contributed by atoms with Gasteiger partial charge < -0.3 is 24.2 Å². The number of halogens is 1. The fraction of sp³-hybridized carbons (Fsp3) is 0.500. The number of aliphatic hydroxyl groups is 1. The number of rotatable bonds is 7. The minimum absolute atomic E-state index is 0.0993. The van der Waals surface area contributed by atoms with E-state index in [-0.39, 0.29) is 18.6 Å². The largest absolute Gasteiger partial charge is 0.493 e. The summed E-state index contributed by atoms with van der Waals surface area (Å²) in [5, 5.41) is 12.2. The van der Waals surface area contributed by atoms with Gasteiger partial charge in [0, 0.05) is 13.1 Å². The van der Waals surface area contributed by atoms with Crippen LogP contribution in [0.25, 0.3) is 0 Å². The van der Waals surface area contributed by atoms with Gasteiger partial charge in [0.2, 0.25) is 0 Å². The molecule has 0 unspecified atom stereocenters. The highest BCUT2D eigenvalue weighted by molar-refractivity contribution is 5.68. The van der Waals surface area contributed by atoms with Gasteiger partial charge in [-0.3, -0.25) is 0 Å². The van der Waals surface area contributed by atoms with E-state index in [1.807, 2.05) is 57.2 Å². The Balaban J connectivity index is 1.91. The number of alkyl halides is 1. The first kappa shape index (κ1) is 24.8. The van der Waals surface area contributed by atoms with E-state index in [1.165, 1.54) is 7.11 Å². The van der Waals surface area contributed by atoms with Crippen LogP contribution < -0.4 is 9.47 Å². The molecule has 6 nitrogen and oxygen atoms in total. The molecule has 0 radical (unpaired) electrons. The average Bonchev–Trinajstić information content (AvgIpc) is 2.81. The third-order valence-electron chi connectivity index (χ3n) is 5.89. The summed E-state index contributed by atoms with van der Waals surface area (Å²) in [6.07, 6.45) is 0.852. The van der Waals surface area contributed by atoms with E-state index in [4.69, 9.17) is 14.2 Å². The van der Waals surface area contributed by atoms with Crippen LogP contribution >= 0.6 is 0 Å². The Kier molecular flexibility index (Phi) is 7.84. The Hall–Kier alpha value is -2.80. The van der Waals surface area contributed by atoms with Crippen LogP contribution in [-0.2, 0) is 10.3 Å². The monoisotopic (exact) mass is 459 g/mol. The topological polar surface area (TPSA) is 68.2 Å². The van der Waals surface area contributed by atoms with Gasteiger partial charge in [0.25, 0.3) is 0 Å². The lowest BCUT2D eigenvalue weighted by Gasteiger charge is -2.42. The van der Waals surface area contributed by atoms with Gasteiger partial charge in [-0.25, -0.2) is 9.18 Å². The second-order valence-corrected chi connectivity index (χ2v) is 9.28. The van der Waals surface area contributed by atoms with E-state index in [9.17, 15) is 14.3 Å². The minimum atomic E-state index is -1.32. The second kappa shape index (κ2) is 10.4. The van der Waals surface area contributed by atoms with Crippen molar-refractivity contribution < 1.29 is 28.5 Å². The molecule has 7 heteroatoms. The average molecular weight is 460 g/mol. The molecule has 1 heterocycles. The number of ether oxygens (including phenoxy) is 3. The number of hydrogen-bond acceptors (Lipinski definition) is 5. The van der Waals surface area contributed by atoms with E-state index >= 15 is 0 Å².